The SMILES string of the molecule is CCCCCCCCCCCCNC(=O)[C@H](O)[C@@H](O)[C@@H](O)[C@H](O)C(=O)O. The molecular weight excluding hydrogens is 342 g/mol. The van der Waals surface area contributed by atoms with Crippen LogP contribution in [-0.2, 0) is 9.59 Å². The molecule has 1 amide bonds. The first-order chi connectivity index (χ1) is 12.3. The molecule has 0 aliphatic rings. The lowest BCUT2D eigenvalue weighted by molar-refractivity contribution is -0.166. The molecule has 0 aliphatic heterocycles. The minimum absolute atomic E-state index is 0.316. The fourth-order valence-electron chi connectivity index (χ4n) is 2.60. The van der Waals surface area contributed by atoms with E-state index in [-0.39, 0.29) is 0 Å². The lowest BCUT2D eigenvalue weighted by Gasteiger charge is -2.23. The topological polar surface area (TPSA) is 147 Å². The van der Waals surface area contributed by atoms with E-state index in [0.29, 0.717) is 6.54 Å². The summed E-state index contributed by atoms with van der Waals surface area (Å²) in [7, 11) is 0. The number of amides is 1. The van der Waals surface area contributed by atoms with Crippen molar-refractivity contribution in [2.75, 3.05) is 6.54 Å². The Bertz CT molecular complexity index is 392. The summed E-state index contributed by atoms with van der Waals surface area (Å²) in [4.78, 5) is 22.2. The van der Waals surface area contributed by atoms with Gasteiger partial charge in [-0.15, -0.1) is 0 Å². The predicted octanol–water partition coefficient (Wildman–Crippen LogP) is 0.552. The van der Waals surface area contributed by atoms with Gasteiger partial charge < -0.3 is 30.8 Å². The Morgan fingerprint density at radius 3 is 1.62 bits per heavy atom. The summed E-state index contributed by atoms with van der Waals surface area (Å²) in [5.74, 6) is -2.67. The molecule has 6 N–H and O–H groups in total. The first-order valence-electron chi connectivity index (χ1n) is 9.55. The van der Waals surface area contributed by atoms with Crippen molar-refractivity contribution in [3.63, 3.8) is 0 Å². The molecular formula is C18H35NO7. The molecule has 0 saturated carbocycles. The highest BCUT2D eigenvalue weighted by Gasteiger charge is 2.37. The van der Waals surface area contributed by atoms with Crippen molar-refractivity contribution < 1.29 is 35.1 Å². The summed E-state index contributed by atoms with van der Waals surface area (Å²) in [6, 6.07) is 0. The Labute approximate surface area is 155 Å². The van der Waals surface area contributed by atoms with Gasteiger partial charge in [-0.2, -0.15) is 0 Å². The zero-order valence-electron chi connectivity index (χ0n) is 15.6. The van der Waals surface area contributed by atoms with Gasteiger partial charge in [0.25, 0.3) is 5.91 Å². The smallest absolute Gasteiger partial charge is 0.335 e. The molecule has 154 valence electrons. The molecule has 0 saturated heterocycles. The van der Waals surface area contributed by atoms with E-state index in [2.05, 4.69) is 12.2 Å². The summed E-state index contributed by atoms with van der Waals surface area (Å²) in [5, 5.41) is 48.7. The van der Waals surface area contributed by atoms with E-state index in [4.69, 9.17) is 10.2 Å². The maximum atomic E-state index is 11.7. The Morgan fingerprint density at radius 2 is 1.15 bits per heavy atom. The molecule has 0 rings (SSSR count). The third-order valence-electron chi connectivity index (χ3n) is 4.35. The number of carboxylic acids is 1. The summed E-state index contributed by atoms with van der Waals surface area (Å²) in [6.45, 7) is 2.51. The summed E-state index contributed by atoms with van der Waals surface area (Å²) >= 11 is 0. The predicted molar refractivity (Wildman–Crippen MR) is 96.5 cm³/mol. The van der Waals surface area contributed by atoms with Crippen LogP contribution in [0.1, 0.15) is 71.1 Å². The van der Waals surface area contributed by atoms with Crippen LogP contribution in [0.2, 0.25) is 0 Å². The van der Waals surface area contributed by atoms with Gasteiger partial charge in [0.1, 0.15) is 12.2 Å². The zero-order chi connectivity index (χ0) is 19.9. The molecule has 0 aromatic rings. The molecule has 0 bridgehead atoms. The van der Waals surface area contributed by atoms with Crippen LogP contribution in [0.4, 0.5) is 0 Å². The Morgan fingerprint density at radius 1 is 0.731 bits per heavy atom. The van der Waals surface area contributed by atoms with Crippen molar-refractivity contribution >= 4 is 11.9 Å². The summed E-state index contributed by atoms with van der Waals surface area (Å²) < 4.78 is 0. The number of rotatable bonds is 16. The highest BCUT2D eigenvalue weighted by atomic mass is 16.4. The minimum Gasteiger partial charge on any atom is -0.479 e. The molecule has 4 atom stereocenters. The van der Waals surface area contributed by atoms with E-state index in [1.54, 1.807) is 0 Å². The molecule has 0 fully saturated rings. The number of carbonyl (C=O) groups is 2. The van der Waals surface area contributed by atoms with Gasteiger partial charge in [0.05, 0.1) is 0 Å². The van der Waals surface area contributed by atoms with Crippen LogP contribution in [0.25, 0.3) is 0 Å². The van der Waals surface area contributed by atoms with Crippen LogP contribution in [0.5, 0.6) is 0 Å². The highest BCUT2D eigenvalue weighted by Crippen LogP contribution is 2.10. The van der Waals surface area contributed by atoms with Gasteiger partial charge in [0.15, 0.2) is 12.2 Å². The molecule has 0 unspecified atom stereocenters. The molecule has 0 radical (unpaired) electrons. The third-order valence-corrected chi connectivity index (χ3v) is 4.35. The van der Waals surface area contributed by atoms with Crippen LogP contribution in [0.3, 0.4) is 0 Å². The first kappa shape index (κ1) is 24.8. The molecule has 0 heterocycles. The molecule has 8 heteroatoms. The van der Waals surface area contributed by atoms with Crippen molar-refractivity contribution in [2.24, 2.45) is 0 Å². The third kappa shape index (κ3) is 10.7. The van der Waals surface area contributed by atoms with Crippen molar-refractivity contribution in [1.82, 2.24) is 5.32 Å². The average Bonchev–Trinajstić information content (AvgIpc) is 2.63. The van der Waals surface area contributed by atoms with Crippen LogP contribution in [0, 0.1) is 0 Å². The molecule has 0 aromatic heterocycles. The number of hydrogen-bond acceptors (Lipinski definition) is 6. The Kier molecular flexibility index (Phi) is 14.2. The van der Waals surface area contributed by atoms with Crippen LogP contribution in [0.15, 0.2) is 0 Å². The second-order valence-electron chi connectivity index (χ2n) is 6.68. The van der Waals surface area contributed by atoms with E-state index in [1.807, 2.05) is 0 Å². The van der Waals surface area contributed by atoms with Gasteiger partial charge in [0, 0.05) is 6.54 Å². The van der Waals surface area contributed by atoms with Crippen molar-refractivity contribution in [2.45, 2.75) is 95.5 Å². The molecule has 26 heavy (non-hydrogen) atoms. The fraction of sp³-hybridized carbons (Fsp3) is 0.889. The van der Waals surface area contributed by atoms with Crippen molar-refractivity contribution in [1.29, 1.82) is 0 Å². The van der Waals surface area contributed by atoms with Crippen LogP contribution in [-0.4, -0.2) is 68.4 Å². The van der Waals surface area contributed by atoms with E-state index in [1.165, 1.54) is 38.5 Å². The quantitative estimate of drug-likeness (QED) is 0.215. The molecule has 0 aliphatic carbocycles. The van der Waals surface area contributed by atoms with Crippen LogP contribution >= 0.6 is 0 Å². The maximum Gasteiger partial charge on any atom is 0.335 e. The highest BCUT2D eigenvalue weighted by molar-refractivity contribution is 5.81. The number of aliphatic carboxylic acids is 1. The van der Waals surface area contributed by atoms with E-state index >= 15 is 0 Å². The van der Waals surface area contributed by atoms with Crippen LogP contribution < -0.4 is 5.32 Å². The lowest BCUT2D eigenvalue weighted by Crippen LogP contribution is -2.52. The normalized spacial score (nSPS) is 15.9. The lowest BCUT2D eigenvalue weighted by atomic mass is 10.0. The molecule has 8 nitrogen and oxygen atoms in total. The zero-order valence-corrected chi connectivity index (χ0v) is 15.6. The largest absolute Gasteiger partial charge is 0.479 e. The second-order valence-corrected chi connectivity index (χ2v) is 6.68. The van der Waals surface area contributed by atoms with E-state index in [9.17, 15) is 24.9 Å². The van der Waals surface area contributed by atoms with Gasteiger partial charge in [-0.3, -0.25) is 4.79 Å². The number of aliphatic hydroxyl groups excluding tert-OH is 4. The standard InChI is InChI=1S/C18H35NO7/c1-2-3-4-5-6-7-8-9-10-11-12-19-17(24)15(22)13(20)14(21)16(23)18(25)26/h13-16,20-23H,2-12H2,1H3,(H,19,24)(H,25,26)/t13-,14+,15+,16-/m0/s1. The maximum absolute atomic E-state index is 11.7. The van der Waals surface area contributed by atoms with Crippen molar-refractivity contribution in [3.8, 4) is 0 Å². The first-order valence-corrected chi connectivity index (χ1v) is 9.55. The Hall–Kier alpha value is -1.22. The monoisotopic (exact) mass is 377 g/mol. The Balaban J connectivity index is 3.76. The minimum atomic E-state index is -2.28. The van der Waals surface area contributed by atoms with Crippen molar-refractivity contribution in [3.05, 3.63) is 0 Å². The fourth-order valence-corrected chi connectivity index (χ4v) is 2.60. The van der Waals surface area contributed by atoms with Gasteiger partial charge in [-0.1, -0.05) is 64.7 Å². The van der Waals surface area contributed by atoms with Gasteiger partial charge in [-0.05, 0) is 6.42 Å². The van der Waals surface area contributed by atoms with Gasteiger partial charge >= 0.3 is 5.97 Å². The number of unbranched alkanes of at least 4 members (excludes halogenated alkanes) is 9. The number of aliphatic hydroxyl groups is 4. The number of carboxylic acid groups (broad SMARTS) is 1. The second kappa shape index (κ2) is 14.9. The number of hydrogen-bond donors (Lipinski definition) is 6. The molecule has 0 aromatic carbocycles. The number of carbonyl (C=O) groups excluding carboxylic acids is 1. The van der Waals surface area contributed by atoms with E-state index < -0.39 is 36.3 Å². The van der Waals surface area contributed by atoms with E-state index in [0.717, 1.165) is 25.7 Å². The summed E-state index contributed by atoms with van der Waals surface area (Å²) in [6.07, 6.45) is 2.94. The van der Waals surface area contributed by atoms with Gasteiger partial charge in [0.2, 0.25) is 0 Å². The average molecular weight is 377 g/mol. The number of nitrogens with one attached hydrogen (secondary N) is 1. The van der Waals surface area contributed by atoms with Gasteiger partial charge in [-0.25, -0.2) is 4.79 Å². The summed E-state index contributed by atoms with van der Waals surface area (Å²) in [5.41, 5.74) is 0. The molecule has 0 spiro atoms.